The SMILES string of the molecule is C=CC(=O)N1CCCC(NC(=O)c2sc3c(N)ccc4c3c2C(N)C(=O)C4(N)c2ccc(F)cc2)C1. The normalized spacial score (nSPS) is 23.5. The number of carbonyl (C=O) groups is 3. The third-order valence-electron chi connectivity index (χ3n) is 7.06. The van der Waals surface area contributed by atoms with E-state index in [1.54, 1.807) is 17.0 Å². The van der Waals surface area contributed by atoms with Crippen LogP contribution in [0.5, 0.6) is 0 Å². The smallest absolute Gasteiger partial charge is 0.262 e. The second kappa shape index (κ2) is 8.81. The molecule has 1 fully saturated rings. The van der Waals surface area contributed by atoms with Gasteiger partial charge >= 0.3 is 0 Å². The number of piperidine rings is 1. The Balaban J connectivity index is 1.59. The standard InChI is InChI=1S/C26H26FN5O3S/c1-2-18(33)32-11-3-4-15(12-32)31-25(35)23-20-19-16(9-10-17(28)22(19)36-23)26(30,24(34)21(20)29)13-5-7-14(27)8-6-13/h2,5-10,15,21H,1,3-4,11-12,28-30H2,(H,31,35). The Hall–Kier alpha value is -3.60. The molecule has 3 aromatic rings. The minimum Gasteiger partial charge on any atom is -0.398 e. The monoisotopic (exact) mass is 507 g/mol. The number of nitrogen functional groups attached to an aromatic ring is 1. The molecule has 3 atom stereocenters. The summed E-state index contributed by atoms with van der Waals surface area (Å²) in [4.78, 5) is 41.1. The number of anilines is 1. The fourth-order valence-corrected chi connectivity index (χ4v) is 6.44. The van der Waals surface area contributed by atoms with Crippen molar-refractivity contribution in [3.05, 3.63) is 76.4 Å². The van der Waals surface area contributed by atoms with Gasteiger partial charge in [-0.1, -0.05) is 24.8 Å². The third kappa shape index (κ3) is 3.60. The number of ketones is 1. The molecule has 0 bridgehead atoms. The summed E-state index contributed by atoms with van der Waals surface area (Å²) in [6.07, 6.45) is 2.71. The van der Waals surface area contributed by atoms with E-state index in [1.165, 1.54) is 30.3 Å². The second-order valence-electron chi connectivity index (χ2n) is 9.21. The van der Waals surface area contributed by atoms with E-state index in [9.17, 15) is 18.8 Å². The van der Waals surface area contributed by atoms with E-state index in [2.05, 4.69) is 11.9 Å². The summed E-state index contributed by atoms with van der Waals surface area (Å²) < 4.78 is 14.2. The van der Waals surface area contributed by atoms with Gasteiger partial charge in [-0.3, -0.25) is 14.4 Å². The molecule has 186 valence electrons. The largest absolute Gasteiger partial charge is 0.398 e. The number of nitrogens with one attached hydrogen (secondary N) is 1. The maximum Gasteiger partial charge on any atom is 0.262 e. The van der Waals surface area contributed by atoms with Crippen LogP contribution in [0.3, 0.4) is 0 Å². The van der Waals surface area contributed by atoms with Crippen LogP contribution >= 0.6 is 11.3 Å². The van der Waals surface area contributed by atoms with E-state index in [0.717, 1.165) is 17.8 Å². The number of nitrogens with two attached hydrogens (primary N) is 3. The summed E-state index contributed by atoms with van der Waals surface area (Å²) in [5, 5.41) is 3.58. The Morgan fingerprint density at radius 2 is 1.94 bits per heavy atom. The second-order valence-corrected chi connectivity index (χ2v) is 10.2. The maximum atomic E-state index is 13.7. The molecule has 36 heavy (non-hydrogen) atoms. The molecule has 8 nitrogen and oxygen atoms in total. The minimum atomic E-state index is -1.63. The highest BCUT2D eigenvalue weighted by Crippen LogP contribution is 2.49. The van der Waals surface area contributed by atoms with Crippen molar-refractivity contribution in [3.8, 4) is 0 Å². The van der Waals surface area contributed by atoms with Crippen LogP contribution < -0.4 is 22.5 Å². The molecule has 1 saturated heterocycles. The van der Waals surface area contributed by atoms with Crippen LogP contribution in [0.25, 0.3) is 10.1 Å². The van der Waals surface area contributed by atoms with Gasteiger partial charge in [0.05, 0.1) is 15.6 Å². The molecule has 0 radical (unpaired) electrons. The van der Waals surface area contributed by atoms with Gasteiger partial charge in [-0.25, -0.2) is 4.39 Å². The van der Waals surface area contributed by atoms with E-state index in [1.807, 2.05) is 0 Å². The highest BCUT2D eigenvalue weighted by Gasteiger charge is 2.48. The van der Waals surface area contributed by atoms with Crippen molar-refractivity contribution in [1.29, 1.82) is 0 Å². The summed E-state index contributed by atoms with van der Waals surface area (Å²) in [5.74, 6) is -1.52. The Kier molecular flexibility index (Phi) is 5.90. The number of amides is 2. The van der Waals surface area contributed by atoms with Crippen molar-refractivity contribution in [2.45, 2.75) is 30.5 Å². The molecule has 0 saturated carbocycles. The summed E-state index contributed by atoms with van der Waals surface area (Å²) >= 11 is 1.16. The molecule has 5 rings (SSSR count). The quantitative estimate of drug-likeness (QED) is 0.315. The lowest BCUT2D eigenvalue weighted by molar-refractivity contribution is -0.127. The number of likely N-dealkylation sites (tertiary alicyclic amines) is 1. The van der Waals surface area contributed by atoms with Gasteiger partial charge in [0.1, 0.15) is 11.4 Å². The zero-order valence-corrected chi connectivity index (χ0v) is 20.2. The summed E-state index contributed by atoms with van der Waals surface area (Å²) in [6, 6.07) is 7.28. The number of hydrogen-bond donors (Lipinski definition) is 4. The first-order valence-electron chi connectivity index (χ1n) is 11.6. The number of nitrogens with zero attached hydrogens (tertiary/aromatic N) is 1. The van der Waals surface area contributed by atoms with Crippen molar-refractivity contribution in [3.63, 3.8) is 0 Å². The maximum absolute atomic E-state index is 13.7. The number of thiophene rings is 1. The first-order chi connectivity index (χ1) is 17.2. The van der Waals surface area contributed by atoms with Crippen LogP contribution in [0.4, 0.5) is 10.1 Å². The van der Waals surface area contributed by atoms with E-state index in [4.69, 9.17) is 17.2 Å². The number of halogens is 1. The fourth-order valence-electron chi connectivity index (χ4n) is 5.24. The lowest BCUT2D eigenvalue weighted by Gasteiger charge is -2.36. The Morgan fingerprint density at radius 1 is 1.22 bits per heavy atom. The summed E-state index contributed by atoms with van der Waals surface area (Å²) in [7, 11) is 0. The van der Waals surface area contributed by atoms with E-state index < -0.39 is 23.2 Å². The molecule has 2 heterocycles. The van der Waals surface area contributed by atoms with Gasteiger partial charge in [0.15, 0.2) is 5.78 Å². The van der Waals surface area contributed by atoms with Crippen LogP contribution in [-0.4, -0.2) is 41.6 Å². The molecular weight excluding hydrogens is 481 g/mol. The van der Waals surface area contributed by atoms with Gasteiger partial charge in [-0.05, 0) is 48.2 Å². The number of Topliss-reactive ketones (excluding diaryl/α,β-unsaturated/α-hetero) is 1. The molecule has 1 aliphatic heterocycles. The third-order valence-corrected chi connectivity index (χ3v) is 8.32. The molecule has 2 aromatic carbocycles. The number of rotatable bonds is 4. The summed E-state index contributed by atoms with van der Waals surface area (Å²) in [6.45, 7) is 4.50. The Morgan fingerprint density at radius 3 is 2.64 bits per heavy atom. The van der Waals surface area contributed by atoms with Crippen molar-refractivity contribution in [1.82, 2.24) is 10.2 Å². The molecule has 2 amide bonds. The van der Waals surface area contributed by atoms with Gasteiger partial charge in [0.2, 0.25) is 5.91 Å². The predicted octanol–water partition coefficient (Wildman–Crippen LogP) is 2.31. The average Bonchev–Trinajstić information content (AvgIpc) is 3.29. The van der Waals surface area contributed by atoms with Gasteiger partial charge in [-0.2, -0.15) is 0 Å². The lowest BCUT2D eigenvalue weighted by atomic mass is 9.70. The van der Waals surface area contributed by atoms with Crippen LogP contribution in [0.1, 0.15) is 45.2 Å². The van der Waals surface area contributed by atoms with Gasteiger partial charge in [0.25, 0.3) is 5.91 Å². The number of hydrogen-bond acceptors (Lipinski definition) is 7. The Bertz CT molecular complexity index is 1420. The minimum absolute atomic E-state index is 0.184. The fraction of sp³-hybridized carbons (Fsp3) is 0.269. The highest BCUT2D eigenvalue weighted by molar-refractivity contribution is 7.21. The van der Waals surface area contributed by atoms with Crippen molar-refractivity contribution >= 4 is 44.7 Å². The topological polar surface area (TPSA) is 145 Å². The molecule has 1 aromatic heterocycles. The number of benzene rings is 2. The molecule has 0 spiro atoms. The van der Waals surface area contributed by atoms with E-state index >= 15 is 0 Å². The van der Waals surface area contributed by atoms with Crippen LogP contribution in [0.15, 0.2) is 49.1 Å². The molecule has 1 aliphatic carbocycles. The van der Waals surface area contributed by atoms with E-state index in [-0.39, 0.29) is 17.9 Å². The van der Waals surface area contributed by atoms with Crippen molar-refractivity contribution < 1.29 is 18.8 Å². The average molecular weight is 508 g/mol. The van der Waals surface area contributed by atoms with Gasteiger partial charge < -0.3 is 27.4 Å². The zero-order chi connectivity index (χ0) is 25.8. The summed E-state index contributed by atoms with van der Waals surface area (Å²) in [5.41, 5.74) is 19.5. The van der Waals surface area contributed by atoms with Gasteiger partial charge in [-0.15, -0.1) is 11.3 Å². The first-order valence-corrected chi connectivity index (χ1v) is 12.4. The Labute approximate surface area is 210 Å². The van der Waals surface area contributed by atoms with Crippen molar-refractivity contribution in [2.75, 3.05) is 18.8 Å². The lowest BCUT2D eigenvalue weighted by Crippen LogP contribution is -2.53. The van der Waals surface area contributed by atoms with Crippen LogP contribution in [0, 0.1) is 5.82 Å². The molecule has 10 heteroatoms. The van der Waals surface area contributed by atoms with Crippen LogP contribution in [-0.2, 0) is 15.1 Å². The molecular formula is C26H26FN5O3S. The molecule has 7 N–H and O–H groups in total. The van der Waals surface area contributed by atoms with E-state index in [0.29, 0.717) is 56.9 Å². The molecule has 2 aliphatic rings. The first kappa shape index (κ1) is 24.1. The predicted molar refractivity (Wildman–Crippen MR) is 137 cm³/mol. The highest BCUT2D eigenvalue weighted by atomic mass is 32.1. The van der Waals surface area contributed by atoms with Crippen molar-refractivity contribution in [2.24, 2.45) is 11.5 Å². The van der Waals surface area contributed by atoms with Gasteiger partial charge in [0, 0.05) is 35.8 Å². The number of carbonyl (C=O) groups excluding carboxylic acids is 3. The zero-order valence-electron chi connectivity index (χ0n) is 19.4. The molecule has 3 unspecified atom stereocenters. The van der Waals surface area contributed by atoms with Crippen LogP contribution in [0.2, 0.25) is 0 Å².